The number of sulfonamides is 1. The van der Waals surface area contributed by atoms with Crippen molar-refractivity contribution in [2.75, 3.05) is 12.3 Å². The van der Waals surface area contributed by atoms with Gasteiger partial charge < -0.3 is 5.73 Å². The Balaban J connectivity index is 1.88. The SMILES string of the molecule is CCN=C(NS(=O)(=O)c1ccc(N)cc1)N1N=CCC1c1ccccc1. The zero-order valence-corrected chi connectivity index (χ0v) is 15.2. The van der Waals surface area contributed by atoms with E-state index in [1.54, 1.807) is 23.4 Å². The van der Waals surface area contributed by atoms with Crippen LogP contribution in [-0.4, -0.2) is 32.1 Å². The number of guanidine groups is 1. The molecule has 0 amide bonds. The summed E-state index contributed by atoms with van der Waals surface area (Å²) in [5, 5.41) is 5.95. The van der Waals surface area contributed by atoms with Gasteiger partial charge in [-0.05, 0) is 36.8 Å². The average Bonchev–Trinajstić information content (AvgIpc) is 3.12. The van der Waals surface area contributed by atoms with E-state index in [0.717, 1.165) is 5.56 Å². The summed E-state index contributed by atoms with van der Waals surface area (Å²) in [4.78, 5) is 4.44. The van der Waals surface area contributed by atoms with E-state index in [4.69, 9.17) is 5.73 Å². The minimum atomic E-state index is -3.79. The smallest absolute Gasteiger partial charge is 0.264 e. The van der Waals surface area contributed by atoms with Crippen molar-refractivity contribution in [2.24, 2.45) is 10.1 Å². The van der Waals surface area contributed by atoms with E-state index in [1.807, 2.05) is 37.3 Å². The molecule has 0 saturated heterocycles. The van der Waals surface area contributed by atoms with E-state index in [2.05, 4.69) is 14.8 Å². The van der Waals surface area contributed by atoms with Gasteiger partial charge in [0.05, 0.1) is 10.9 Å². The van der Waals surface area contributed by atoms with Crippen LogP contribution in [0.1, 0.15) is 24.9 Å². The fourth-order valence-electron chi connectivity index (χ4n) is 2.70. The Morgan fingerprint density at radius 2 is 1.92 bits per heavy atom. The summed E-state index contributed by atoms with van der Waals surface area (Å²) < 4.78 is 28.0. The van der Waals surface area contributed by atoms with E-state index >= 15 is 0 Å². The van der Waals surface area contributed by atoms with Crippen LogP contribution in [0.5, 0.6) is 0 Å². The van der Waals surface area contributed by atoms with Crippen molar-refractivity contribution in [3.8, 4) is 0 Å². The largest absolute Gasteiger partial charge is 0.399 e. The van der Waals surface area contributed by atoms with Gasteiger partial charge in [-0.1, -0.05) is 30.3 Å². The number of hydrazone groups is 1. The molecule has 3 rings (SSSR count). The van der Waals surface area contributed by atoms with E-state index in [1.165, 1.54) is 12.1 Å². The number of benzene rings is 2. The van der Waals surface area contributed by atoms with Crippen LogP contribution >= 0.6 is 0 Å². The maximum absolute atomic E-state index is 12.7. The van der Waals surface area contributed by atoms with Gasteiger partial charge in [0.1, 0.15) is 0 Å². The molecule has 0 fully saturated rings. The number of nitrogen functional groups attached to an aromatic ring is 1. The van der Waals surface area contributed by atoms with Crippen LogP contribution in [0.4, 0.5) is 5.69 Å². The molecular formula is C18H21N5O2S. The molecule has 1 atom stereocenters. The molecule has 8 heteroatoms. The molecule has 0 bridgehead atoms. The molecule has 0 radical (unpaired) electrons. The number of nitrogens with two attached hydrogens (primary N) is 1. The van der Waals surface area contributed by atoms with Crippen LogP contribution < -0.4 is 10.5 Å². The fourth-order valence-corrected chi connectivity index (χ4v) is 3.71. The summed E-state index contributed by atoms with van der Waals surface area (Å²) in [5.41, 5.74) is 7.18. The zero-order chi connectivity index (χ0) is 18.6. The topological polar surface area (TPSA) is 100 Å². The molecule has 136 valence electrons. The second kappa shape index (κ2) is 7.57. The second-order valence-electron chi connectivity index (χ2n) is 5.78. The van der Waals surface area contributed by atoms with Gasteiger partial charge in [-0.2, -0.15) is 5.10 Å². The Morgan fingerprint density at radius 3 is 2.58 bits per heavy atom. The average molecular weight is 371 g/mol. The first-order chi connectivity index (χ1) is 12.5. The monoisotopic (exact) mass is 371 g/mol. The van der Waals surface area contributed by atoms with E-state index in [-0.39, 0.29) is 16.9 Å². The molecule has 26 heavy (non-hydrogen) atoms. The lowest BCUT2D eigenvalue weighted by atomic mass is 10.1. The molecule has 1 aliphatic heterocycles. The Kier molecular flexibility index (Phi) is 5.22. The Morgan fingerprint density at radius 1 is 1.23 bits per heavy atom. The Hall–Kier alpha value is -2.87. The van der Waals surface area contributed by atoms with Crippen molar-refractivity contribution in [2.45, 2.75) is 24.3 Å². The summed E-state index contributed by atoms with van der Waals surface area (Å²) in [5.74, 6) is 0.201. The van der Waals surface area contributed by atoms with Crippen LogP contribution in [0.3, 0.4) is 0 Å². The maximum atomic E-state index is 12.7. The van der Waals surface area contributed by atoms with Crippen LogP contribution in [0.2, 0.25) is 0 Å². The second-order valence-corrected chi connectivity index (χ2v) is 7.46. The highest BCUT2D eigenvalue weighted by Crippen LogP contribution is 2.28. The number of rotatable bonds is 4. The number of nitrogens with zero attached hydrogens (tertiary/aromatic N) is 3. The molecule has 1 unspecified atom stereocenters. The van der Waals surface area contributed by atoms with Gasteiger partial charge in [0.2, 0.25) is 5.96 Å². The summed E-state index contributed by atoms with van der Waals surface area (Å²) in [6.45, 7) is 2.27. The van der Waals surface area contributed by atoms with Gasteiger partial charge >= 0.3 is 0 Å². The third-order valence-corrected chi connectivity index (χ3v) is 5.30. The first-order valence-electron chi connectivity index (χ1n) is 8.30. The Bertz CT molecular complexity index is 908. The first kappa shape index (κ1) is 17.9. The molecule has 0 saturated carbocycles. The van der Waals surface area contributed by atoms with Gasteiger partial charge in [0.15, 0.2) is 0 Å². The quantitative estimate of drug-likeness (QED) is 0.489. The molecule has 3 N–H and O–H groups in total. The van der Waals surface area contributed by atoms with Crippen molar-refractivity contribution in [1.29, 1.82) is 0 Å². The van der Waals surface area contributed by atoms with Gasteiger partial charge in [-0.3, -0.25) is 4.99 Å². The molecule has 2 aromatic carbocycles. The first-order valence-corrected chi connectivity index (χ1v) is 9.79. The minimum Gasteiger partial charge on any atom is -0.399 e. The lowest BCUT2D eigenvalue weighted by Gasteiger charge is -2.25. The number of nitrogens with one attached hydrogen (secondary N) is 1. The molecule has 1 heterocycles. The zero-order valence-electron chi connectivity index (χ0n) is 14.4. The molecule has 2 aromatic rings. The maximum Gasteiger partial charge on any atom is 0.264 e. The predicted molar refractivity (Wildman–Crippen MR) is 103 cm³/mol. The number of anilines is 1. The van der Waals surface area contributed by atoms with Crippen molar-refractivity contribution in [1.82, 2.24) is 9.73 Å². The van der Waals surface area contributed by atoms with Gasteiger partial charge in [0, 0.05) is 24.9 Å². The molecular weight excluding hydrogens is 350 g/mol. The summed E-state index contributed by atoms with van der Waals surface area (Å²) >= 11 is 0. The molecule has 0 aliphatic carbocycles. The van der Waals surface area contributed by atoms with Crippen molar-refractivity contribution in [3.05, 3.63) is 60.2 Å². The highest BCUT2D eigenvalue weighted by molar-refractivity contribution is 7.90. The number of aliphatic imine (C=N–C) groups is 1. The molecule has 0 spiro atoms. The fraction of sp³-hybridized carbons (Fsp3) is 0.222. The highest BCUT2D eigenvalue weighted by Gasteiger charge is 2.29. The van der Waals surface area contributed by atoms with E-state index in [0.29, 0.717) is 18.7 Å². The molecule has 0 aromatic heterocycles. The van der Waals surface area contributed by atoms with Crippen LogP contribution in [-0.2, 0) is 10.0 Å². The lowest BCUT2D eigenvalue weighted by molar-refractivity contribution is 0.361. The van der Waals surface area contributed by atoms with E-state index in [9.17, 15) is 8.42 Å². The van der Waals surface area contributed by atoms with Crippen molar-refractivity contribution < 1.29 is 8.42 Å². The van der Waals surface area contributed by atoms with Crippen LogP contribution in [0, 0.1) is 0 Å². The van der Waals surface area contributed by atoms with Crippen molar-refractivity contribution in [3.63, 3.8) is 0 Å². The van der Waals surface area contributed by atoms with Crippen LogP contribution in [0.15, 0.2) is 69.6 Å². The minimum absolute atomic E-state index is 0.101. The third kappa shape index (κ3) is 3.85. The third-order valence-electron chi connectivity index (χ3n) is 3.96. The molecule has 7 nitrogen and oxygen atoms in total. The predicted octanol–water partition coefficient (Wildman–Crippen LogP) is 2.36. The summed E-state index contributed by atoms with van der Waals surface area (Å²) in [7, 11) is -3.79. The van der Waals surface area contributed by atoms with Gasteiger partial charge in [0.25, 0.3) is 10.0 Å². The normalized spacial score (nSPS) is 17.5. The lowest BCUT2D eigenvalue weighted by Crippen LogP contribution is -2.42. The molecule has 1 aliphatic rings. The summed E-state index contributed by atoms with van der Waals surface area (Å²) in [6.07, 6.45) is 2.44. The van der Waals surface area contributed by atoms with Gasteiger partial charge in [-0.25, -0.2) is 18.1 Å². The van der Waals surface area contributed by atoms with Crippen LogP contribution in [0.25, 0.3) is 0 Å². The number of hydrogen-bond donors (Lipinski definition) is 2. The standard InChI is InChI=1S/C18H21N5O2S/c1-2-20-18(22-26(24,25)16-10-8-15(19)9-11-16)23-17(12-13-21-23)14-6-4-3-5-7-14/h3-11,13,17H,2,12,19H2,1H3,(H,20,22). The van der Waals surface area contributed by atoms with Crippen molar-refractivity contribution >= 4 is 27.9 Å². The van der Waals surface area contributed by atoms with E-state index < -0.39 is 10.0 Å². The van der Waals surface area contributed by atoms with Gasteiger partial charge in [-0.15, -0.1) is 0 Å². The summed E-state index contributed by atoms with van der Waals surface area (Å²) in [6, 6.07) is 15.7. The highest BCUT2D eigenvalue weighted by atomic mass is 32.2. The Labute approximate surface area is 153 Å². The number of hydrogen-bond acceptors (Lipinski definition) is 5.